The second-order valence-corrected chi connectivity index (χ2v) is 5.52. The summed E-state index contributed by atoms with van der Waals surface area (Å²) in [6.45, 7) is 3.85. The Hall–Kier alpha value is -1.35. The summed E-state index contributed by atoms with van der Waals surface area (Å²) in [5.74, 6) is 0.0545. The van der Waals surface area contributed by atoms with Crippen molar-refractivity contribution >= 4 is 5.97 Å². The first-order chi connectivity index (χ1) is 9.16. The predicted octanol–water partition coefficient (Wildman–Crippen LogP) is 3.32. The van der Waals surface area contributed by atoms with Gasteiger partial charge in [-0.1, -0.05) is 36.8 Å². The molecule has 1 aromatic carbocycles. The Morgan fingerprint density at radius 1 is 1.37 bits per heavy atom. The molecule has 0 bridgehead atoms. The number of benzene rings is 1. The molecule has 0 spiro atoms. The number of aliphatic carboxylic acids is 1. The molecular formula is C16H23NO2. The van der Waals surface area contributed by atoms with E-state index < -0.39 is 5.97 Å². The van der Waals surface area contributed by atoms with Gasteiger partial charge < -0.3 is 5.11 Å². The maximum Gasteiger partial charge on any atom is 0.304 e. The first-order valence-corrected chi connectivity index (χ1v) is 7.17. The molecule has 1 aromatic rings. The number of hydrogen-bond donors (Lipinski definition) is 1. The maximum atomic E-state index is 10.8. The quantitative estimate of drug-likeness (QED) is 0.818. The lowest BCUT2D eigenvalue weighted by Gasteiger charge is -2.36. The van der Waals surface area contributed by atoms with Gasteiger partial charge in [0.2, 0.25) is 0 Å². The monoisotopic (exact) mass is 261 g/mol. The van der Waals surface area contributed by atoms with E-state index in [2.05, 4.69) is 24.0 Å². The smallest absolute Gasteiger partial charge is 0.304 e. The van der Waals surface area contributed by atoms with Crippen LogP contribution in [0.3, 0.4) is 0 Å². The van der Waals surface area contributed by atoms with Crippen LogP contribution in [0.1, 0.15) is 44.2 Å². The molecule has 3 heteroatoms. The molecule has 0 heterocycles. The van der Waals surface area contributed by atoms with Gasteiger partial charge in [0, 0.05) is 19.1 Å². The van der Waals surface area contributed by atoms with Gasteiger partial charge in [0.1, 0.15) is 0 Å². The number of hydrogen-bond acceptors (Lipinski definition) is 2. The Morgan fingerprint density at radius 3 is 2.58 bits per heavy atom. The Balaban J connectivity index is 1.99. The van der Waals surface area contributed by atoms with Crippen molar-refractivity contribution in [3.8, 4) is 0 Å². The molecule has 0 aromatic heterocycles. The summed E-state index contributed by atoms with van der Waals surface area (Å²) in [7, 11) is 0. The number of nitrogens with zero attached hydrogens (tertiary/aromatic N) is 1. The maximum absolute atomic E-state index is 10.8. The number of carbonyl (C=O) groups is 1. The van der Waals surface area contributed by atoms with E-state index in [-0.39, 0.29) is 6.42 Å². The standard InChI is InChI=1S/C16H23NO2/c1-13(15-8-3-2-4-9-15)17(11-10-16(18)19)12-14-6-5-7-14/h2-4,8-9,13-14H,5-7,10-12H2,1H3,(H,18,19). The van der Waals surface area contributed by atoms with Crippen LogP contribution in [0.2, 0.25) is 0 Å². The Kier molecular flexibility index (Phi) is 4.97. The van der Waals surface area contributed by atoms with Gasteiger partial charge in [-0.3, -0.25) is 9.69 Å². The van der Waals surface area contributed by atoms with Gasteiger partial charge in [-0.25, -0.2) is 0 Å². The minimum atomic E-state index is -0.709. The summed E-state index contributed by atoms with van der Waals surface area (Å²) < 4.78 is 0. The zero-order chi connectivity index (χ0) is 13.7. The second kappa shape index (κ2) is 6.71. The molecule has 0 aliphatic heterocycles. The zero-order valence-electron chi connectivity index (χ0n) is 11.6. The van der Waals surface area contributed by atoms with Gasteiger partial charge in [0.15, 0.2) is 0 Å². The highest BCUT2D eigenvalue weighted by molar-refractivity contribution is 5.66. The van der Waals surface area contributed by atoms with Crippen LogP contribution in [-0.4, -0.2) is 29.1 Å². The second-order valence-electron chi connectivity index (χ2n) is 5.52. The van der Waals surface area contributed by atoms with Crippen molar-refractivity contribution in [2.24, 2.45) is 5.92 Å². The molecule has 2 rings (SSSR count). The van der Waals surface area contributed by atoms with Crippen LogP contribution in [0.15, 0.2) is 30.3 Å². The van der Waals surface area contributed by atoms with Crippen molar-refractivity contribution in [3.05, 3.63) is 35.9 Å². The third-order valence-electron chi connectivity index (χ3n) is 4.16. The Labute approximate surface area is 115 Å². The minimum absolute atomic E-state index is 0.226. The largest absolute Gasteiger partial charge is 0.481 e. The topological polar surface area (TPSA) is 40.5 Å². The Bertz CT molecular complexity index is 400. The van der Waals surface area contributed by atoms with Gasteiger partial charge >= 0.3 is 5.97 Å². The number of carboxylic acids is 1. The van der Waals surface area contributed by atoms with Crippen molar-refractivity contribution < 1.29 is 9.90 Å². The molecule has 1 unspecified atom stereocenters. The zero-order valence-corrected chi connectivity index (χ0v) is 11.6. The van der Waals surface area contributed by atoms with E-state index in [1.807, 2.05) is 18.2 Å². The molecule has 19 heavy (non-hydrogen) atoms. The molecule has 0 amide bonds. The molecule has 1 atom stereocenters. The third-order valence-corrected chi connectivity index (χ3v) is 4.16. The van der Waals surface area contributed by atoms with Crippen LogP contribution in [0.25, 0.3) is 0 Å². The van der Waals surface area contributed by atoms with Crippen molar-refractivity contribution in [2.45, 2.75) is 38.6 Å². The first kappa shape index (κ1) is 14.1. The number of carboxylic acid groups (broad SMARTS) is 1. The van der Waals surface area contributed by atoms with E-state index in [0.29, 0.717) is 12.6 Å². The van der Waals surface area contributed by atoms with Crippen molar-refractivity contribution in [1.82, 2.24) is 4.90 Å². The van der Waals surface area contributed by atoms with Crippen LogP contribution in [0, 0.1) is 5.92 Å². The average molecular weight is 261 g/mol. The first-order valence-electron chi connectivity index (χ1n) is 7.17. The summed E-state index contributed by atoms with van der Waals surface area (Å²) >= 11 is 0. The van der Waals surface area contributed by atoms with Gasteiger partial charge in [-0.15, -0.1) is 0 Å². The van der Waals surface area contributed by atoms with Crippen LogP contribution >= 0.6 is 0 Å². The molecule has 0 saturated heterocycles. The van der Waals surface area contributed by atoms with E-state index in [0.717, 1.165) is 12.5 Å². The summed E-state index contributed by atoms with van der Waals surface area (Å²) in [5, 5.41) is 8.89. The molecule has 1 aliphatic rings. The summed E-state index contributed by atoms with van der Waals surface area (Å²) in [4.78, 5) is 13.1. The predicted molar refractivity (Wildman–Crippen MR) is 76.0 cm³/mol. The van der Waals surface area contributed by atoms with Crippen LogP contribution in [0.4, 0.5) is 0 Å². The van der Waals surface area contributed by atoms with Crippen molar-refractivity contribution in [2.75, 3.05) is 13.1 Å². The molecule has 1 aliphatic carbocycles. The van der Waals surface area contributed by atoms with E-state index >= 15 is 0 Å². The highest BCUT2D eigenvalue weighted by atomic mass is 16.4. The van der Waals surface area contributed by atoms with E-state index in [4.69, 9.17) is 5.11 Å². The third kappa shape index (κ3) is 4.06. The fourth-order valence-electron chi connectivity index (χ4n) is 2.63. The molecule has 3 nitrogen and oxygen atoms in total. The average Bonchev–Trinajstić information content (AvgIpc) is 2.37. The number of rotatable bonds is 7. The van der Waals surface area contributed by atoms with E-state index in [9.17, 15) is 4.79 Å². The van der Waals surface area contributed by atoms with E-state index in [1.165, 1.54) is 24.8 Å². The summed E-state index contributed by atoms with van der Waals surface area (Å²) in [6.07, 6.45) is 4.15. The molecule has 0 radical (unpaired) electrons. The van der Waals surface area contributed by atoms with Crippen LogP contribution < -0.4 is 0 Å². The van der Waals surface area contributed by atoms with Crippen molar-refractivity contribution in [1.29, 1.82) is 0 Å². The summed E-state index contributed by atoms with van der Waals surface area (Å²) in [6, 6.07) is 10.7. The molecule has 1 N–H and O–H groups in total. The minimum Gasteiger partial charge on any atom is -0.481 e. The fourth-order valence-corrected chi connectivity index (χ4v) is 2.63. The van der Waals surface area contributed by atoms with Gasteiger partial charge in [0.25, 0.3) is 0 Å². The van der Waals surface area contributed by atoms with Crippen LogP contribution in [0.5, 0.6) is 0 Å². The SMILES string of the molecule is CC(c1ccccc1)N(CCC(=O)O)CC1CCC1. The fraction of sp³-hybridized carbons (Fsp3) is 0.562. The lowest BCUT2D eigenvalue weighted by molar-refractivity contribution is -0.137. The van der Waals surface area contributed by atoms with Crippen molar-refractivity contribution in [3.63, 3.8) is 0 Å². The van der Waals surface area contributed by atoms with E-state index in [1.54, 1.807) is 0 Å². The van der Waals surface area contributed by atoms with Gasteiger partial charge in [-0.05, 0) is 31.2 Å². The Morgan fingerprint density at radius 2 is 2.05 bits per heavy atom. The highest BCUT2D eigenvalue weighted by Crippen LogP contribution is 2.30. The molecule has 1 fully saturated rings. The highest BCUT2D eigenvalue weighted by Gasteiger charge is 2.24. The van der Waals surface area contributed by atoms with Crippen LogP contribution in [-0.2, 0) is 4.79 Å². The molecule has 1 saturated carbocycles. The van der Waals surface area contributed by atoms with Gasteiger partial charge in [0.05, 0.1) is 6.42 Å². The molecule has 104 valence electrons. The molecular weight excluding hydrogens is 238 g/mol. The normalized spacial score (nSPS) is 17.2. The summed E-state index contributed by atoms with van der Waals surface area (Å²) in [5.41, 5.74) is 1.27. The van der Waals surface area contributed by atoms with Gasteiger partial charge in [-0.2, -0.15) is 0 Å². The lowest BCUT2D eigenvalue weighted by Crippen LogP contribution is -2.36. The lowest BCUT2D eigenvalue weighted by atomic mass is 9.84.